The summed E-state index contributed by atoms with van der Waals surface area (Å²) in [6.45, 7) is 1.40. The van der Waals surface area contributed by atoms with Crippen LogP contribution in [0.15, 0.2) is 52.3 Å². The van der Waals surface area contributed by atoms with Crippen molar-refractivity contribution in [2.24, 2.45) is 0 Å². The van der Waals surface area contributed by atoms with Gasteiger partial charge in [0.05, 0.1) is 11.4 Å². The largest absolute Gasteiger partial charge is 0.506 e. The Bertz CT molecular complexity index is 859. The number of aromatic nitrogens is 1. The van der Waals surface area contributed by atoms with Gasteiger partial charge in [-0.15, -0.1) is 11.3 Å². The van der Waals surface area contributed by atoms with Gasteiger partial charge in [0.1, 0.15) is 10.8 Å². The van der Waals surface area contributed by atoms with Crippen LogP contribution in [0.4, 0.5) is 5.69 Å². The first kappa shape index (κ1) is 15.7. The smallest absolute Gasteiger partial charge is 0.221 e. The topological polar surface area (TPSA) is 62.2 Å². The van der Waals surface area contributed by atoms with E-state index in [9.17, 15) is 9.90 Å². The van der Waals surface area contributed by atoms with Crippen LogP contribution in [0.3, 0.4) is 0 Å². The summed E-state index contributed by atoms with van der Waals surface area (Å²) >= 11 is 4.97. The van der Waals surface area contributed by atoms with Crippen LogP contribution in [0.5, 0.6) is 5.75 Å². The Morgan fingerprint density at radius 1 is 1.17 bits per heavy atom. The number of nitrogens with zero attached hydrogens (tertiary/aromatic N) is 1. The molecule has 2 aromatic carbocycles. The molecule has 0 saturated carbocycles. The molecule has 0 spiro atoms. The number of aromatic hydroxyl groups is 1. The molecule has 116 valence electrons. The highest BCUT2D eigenvalue weighted by Gasteiger charge is 2.10. The molecule has 2 N–H and O–H groups in total. The Morgan fingerprint density at radius 2 is 1.87 bits per heavy atom. The third-order valence-electron chi connectivity index (χ3n) is 3.20. The van der Waals surface area contributed by atoms with Crippen LogP contribution in [-0.4, -0.2) is 16.0 Å². The lowest BCUT2D eigenvalue weighted by molar-refractivity contribution is -0.114. The molecule has 0 unspecified atom stereocenters. The average molecular weight is 389 g/mol. The van der Waals surface area contributed by atoms with Crippen molar-refractivity contribution in [1.29, 1.82) is 0 Å². The number of anilines is 1. The van der Waals surface area contributed by atoms with Gasteiger partial charge in [-0.25, -0.2) is 4.98 Å². The molecule has 0 aliphatic rings. The lowest BCUT2D eigenvalue weighted by Gasteiger charge is -2.06. The summed E-state index contributed by atoms with van der Waals surface area (Å²) in [6.07, 6.45) is 0. The zero-order chi connectivity index (χ0) is 16.4. The number of phenolic OH excluding ortho intramolecular Hbond substituents is 1. The van der Waals surface area contributed by atoms with Gasteiger partial charge in [-0.2, -0.15) is 0 Å². The first-order chi connectivity index (χ1) is 11.0. The van der Waals surface area contributed by atoms with Crippen LogP contribution in [0.1, 0.15) is 6.92 Å². The first-order valence-corrected chi connectivity index (χ1v) is 8.52. The van der Waals surface area contributed by atoms with Gasteiger partial charge in [-0.05, 0) is 30.3 Å². The maximum atomic E-state index is 11.2. The Balaban J connectivity index is 1.94. The van der Waals surface area contributed by atoms with E-state index >= 15 is 0 Å². The van der Waals surface area contributed by atoms with E-state index in [-0.39, 0.29) is 11.7 Å². The van der Waals surface area contributed by atoms with Crippen LogP contribution in [0, 0.1) is 0 Å². The van der Waals surface area contributed by atoms with Crippen LogP contribution in [0.25, 0.3) is 21.8 Å². The fraction of sp³-hybridized carbons (Fsp3) is 0.0588. The standard InChI is InChI=1S/C17H13BrN2O2S/c1-10(21)19-14-8-12(4-7-16(14)22)15-9-23-17(20-15)11-2-5-13(18)6-3-11/h2-9,22H,1H3,(H,19,21). The van der Waals surface area contributed by atoms with Crippen molar-refractivity contribution in [1.82, 2.24) is 4.98 Å². The van der Waals surface area contributed by atoms with Gasteiger partial charge in [-0.1, -0.05) is 28.1 Å². The van der Waals surface area contributed by atoms with Gasteiger partial charge in [0.15, 0.2) is 0 Å². The number of thiazole rings is 1. The van der Waals surface area contributed by atoms with Gasteiger partial charge in [-0.3, -0.25) is 4.79 Å². The van der Waals surface area contributed by atoms with Crippen LogP contribution in [-0.2, 0) is 4.79 Å². The van der Waals surface area contributed by atoms with Crippen molar-refractivity contribution in [2.45, 2.75) is 6.92 Å². The zero-order valence-electron chi connectivity index (χ0n) is 12.2. The maximum absolute atomic E-state index is 11.2. The van der Waals surface area contributed by atoms with E-state index in [0.717, 1.165) is 26.3 Å². The van der Waals surface area contributed by atoms with E-state index in [1.807, 2.05) is 29.6 Å². The van der Waals surface area contributed by atoms with Gasteiger partial charge in [0.25, 0.3) is 0 Å². The molecular weight excluding hydrogens is 376 g/mol. The Labute approximate surface area is 146 Å². The molecule has 0 radical (unpaired) electrons. The molecule has 1 amide bonds. The summed E-state index contributed by atoms with van der Waals surface area (Å²) in [4.78, 5) is 15.8. The monoisotopic (exact) mass is 388 g/mol. The van der Waals surface area contributed by atoms with Crippen molar-refractivity contribution in [3.05, 3.63) is 52.3 Å². The summed E-state index contributed by atoms with van der Waals surface area (Å²) in [5.74, 6) is -0.196. The molecule has 4 nitrogen and oxygen atoms in total. The van der Waals surface area contributed by atoms with Crippen molar-refractivity contribution < 1.29 is 9.90 Å². The molecule has 3 rings (SSSR count). The third-order valence-corrected chi connectivity index (χ3v) is 4.62. The fourth-order valence-corrected chi connectivity index (χ4v) is 3.22. The molecule has 0 aliphatic carbocycles. The number of hydrogen-bond donors (Lipinski definition) is 2. The summed E-state index contributed by atoms with van der Waals surface area (Å²) in [5.41, 5.74) is 3.07. The van der Waals surface area contributed by atoms with E-state index < -0.39 is 0 Å². The highest BCUT2D eigenvalue weighted by atomic mass is 79.9. The fourth-order valence-electron chi connectivity index (χ4n) is 2.12. The summed E-state index contributed by atoms with van der Waals surface area (Å²) in [6, 6.07) is 13.0. The second kappa shape index (κ2) is 6.52. The number of halogens is 1. The molecule has 6 heteroatoms. The average Bonchev–Trinajstić information content (AvgIpc) is 2.99. The van der Waals surface area contributed by atoms with Crippen molar-refractivity contribution in [2.75, 3.05) is 5.32 Å². The van der Waals surface area contributed by atoms with Crippen LogP contribution >= 0.6 is 27.3 Å². The number of carbonyl (C=O) groups excluding carboxylic acids is 1. The molecule has 23 heavy (non-hydrogen) atoms. The van der Waals surface area contributed by atoms with E-state index in [4.69, 9.17) is 0 Å². The van der Waals surface area contributed by atoms with E-state index in [1.165, 1.54) is 6.92 Å². The minimum atomic E-state index is -0.230. The highest BCUT2D eigenvalue weighted by Crippen LogP contribution is 2.33. The van der Waals surface area contributed by atoms with E-state index in [2.05, 4.69) is 26.2 Å². The number of nitrogens with one attached hydrogen (secondary N) is 1. The van der Waals surface area contributed by atoms with Crippen molar-refractivity contribution >= 4 is 38.9 Å². The minimum Gasteiger partial charge on any atom is -0.506 e. The number of carbonyl (C=O) groups is 1. The molecular formula is C17H13BrN2O2S. The van der Waals surface area contributed by atoms with Gasteiger partial charge in [0.2, 0.25) is 5.91 Å². The Morgan fingerprint density at radius 3 is 2.57 bits per heavy atom. The number of benzene rings is 2. The maximum Gasteiger partial charge on any atom is 0.221 e. The summed E-state index contributed by atoms with van der Waals surface area (Å²) in [7, 11) is 0. The molecule has 0 fully saturated rings. The molecule has 0 saturated heterocycles. The van der Waals surface area contributed by atoms with E-state index in [0.29, 0.717) is 5.69 Å². The minimum absolute atomic E-state index is 0.0345. The Kier molecular flexibility index (Phi) is 4.45. The summed E-state index contributed by atoms with van der Waals surface area (Å²) < 4.78 is 1.02. The third kappa shape index (κ3) is 3.60. The predicted molar refractivity (Wildman–Crippen MR) is 96.7 cm³/mol. The van der Waals surface area contributed by atoms with Gasteiger partial charge in [0, 0.05) is 27.9 Å². The molecule has 3 aromatic rings. The molecule has 0 aliphatic heterocycles. The number of rotatable bonds is 3. The first-order valence-electron chi connectivity index (χ1n) is 6.85. The summed E-state index contributed by atoms with van der Waals surface area (Å²) in [5, 5.41) is 15.3. The lowest BCUT2D eigenvalue weighted by Crippen LogP contribution is -2.05. The molecule has 0 atom stereocenters. The van der Waals surface area contributed by atoms with Gasteiger partial charge >= 0.3 is 0 Å². The molecule has 1 aromatic heterocycles. The van der Waals surface area contributed by atoms with Crippen molar-refractivity contribution in [3.63, 3.8) is 0 Å². The second-order valence-electron chi connectivity index (χ2n) is 4.96. The van der Waals surface area contributed by atoms with Gasteiger partial charge < -0.3 is 10.4 Å². The van der Waals surface area contributed by atoms with E-state index in [1.54, 1.807) is 29.5 Å². The molecule has 0 bridgehead atoms. The number of hydrogen-bond acceptors (Lipinski definition) is 4. The quantitative estimate of drug-likeness (QED) is 0.626. The molecule has 1 heterocycles. The Hall–Kier alpha value is -2.18. The normalized spacial score (nSPS) is 10.5. The predicted octanol–water partition coefficient (Wildman–Crippen LogP) is 4.90. The van der Waals surface area contributed by atoms with Crippen molar-refractivity contribution in [3.8, 4) is 27.6 Å². The van der Waals surface area contributed by atoms with Crippen LogP contribution < -0.4 is 5.32 Å². The highest BCUT2D eigenvalue weighted by molar-refractivity contribution is 9.10. The second-order valence-corrected chi connectivity index (χ2v) is 6.73. The number of phenols is 1. The SMILES string of the molecule is CC(=O)Nc1cc(-c2csc(-c3ccc(Br)cc3)n2)ccc1O. The zero-order valence-corrected chi connectivity index (χ0v) is 14.6. The lowest BCUT2D eigenvalue weighted by atomic mass is 10.1. The van der Waals surface area contributed by atoms with Crippen LogP contribution in [0.2, 0.25) is 0 Å². The number of amides is 1.